The van der Waals surface area contributed by atoms with Gasteiger partial charge in [-0.2, -0.15) is 0 Å². The SMILES string of the molecule is CCC(O)Nc1ccc(C)c(O)c1. The highest BCUT2D eigenvalue weighted by atomic mass is 16.3. The molecule has 3 heteroatoms. The van der Waals surface area contributed by atoms with Crippen LogP contribution in [0.2, 0.25) is 0 Å². The number of rotatable bonds is 3. The van der Waals surface area contributed by atoms with E-state index in [4.69, 9.17) is 0 Å². The average Bonchev–Trinajstić information content (AvgIpc) is 2.11. The van der Waals surface area contributed by atoms with Crippen molar-refractivity contribution in [3.8, 4) is 5.75 Å². The summed E-state index contributed by atoms with van der Waals surface area (Å²) < 4.78 is 0. The number of aryl methyl sites for hydroxylation is 1. The Balaban J connectivity index is 2.73. The van der Waals surface area contributed by atoms with Crippen molar-refractivity contribution in [1.29, 1.82) is 0 Å². The third-order valence-electron chi connectivity index (χ3n) is 1.93. The second kappa shape index (κ2) is 4.14. The molecule has 0 amide bonds. The maximum Gasteiger partial charge on any atom is 0.124 e. The van der Waals surface area contributed by atoms with Crippen LogP contribution in [0.1, 0.15) is 18.9 Å². The van der Waals surface area contributed by atoms with E-state index in [-0.39, 0.29) is 5.75 Å². The molecule has 1 aromatic carbocycles. The Morgan fingerprint density at radius 1 is 1.46 bits per heavy atom. The summed E-state index contributed by atoms with van der Waals surface area (Å²) >= 11 is 0. The average molecular weight is 181 g/mol. The molecule has 0 fully saturated rings. The summed E-state index contributed by atoms with van der Waals surface area (Å²) in [5.41, 5.74) is 1.56. The van der Waals surface area contributed by atoms with Gasteiger partial charge in [-0.15, -0.1) is 0 Å². The molecule has 0 radical (unpaired) electrons. The zero-order valence-corrected chi connectivity index (χ0v) is 7.91. The Hall–Kier alpha value is -1.22. The van der Waals surface area contributed by atoms with E-state index in [2.05, 4.69) is 5.32 Å². The Bertz CT molecular complexity index is 286. The van der Waals surface area contributed by atoms with Crippen LogP contribution in [0, 0.1) is 6.92 Å². The van der Waals surface area contributed by atoms with E-state index in [0.29, 0.717) is 6.42 Å². The van der Waals surface area contributed by atoms with Gasteiger partial charge < -0.3 is 15.5 Å². The lowest BCUT2D eigenvalue weighted by Gasteiger charge is -2.12. The molecule has 13 heavy (non-hydrogen) atoms. The van der Waals surface area contributed by atoms with Crippen molar-refractivity contribution in [3.63, 3.8) is 0 Å². The standard InChI is InChI=1S/C10H15NO2/c1-3-10(13)11-8-5-4-7(2)9(12)6-8/h4-6,10-13H,3H2,1-2H3. The molecule has 0 aliphatic rings. The molecule has 1 rings (SSSR count). The molecule has 0 heterocycles. The van der Waals surface area contributed by atoms with Crippen molar-refractivity contribution in [2.75, 3.05) is 5.32 Å². The lowest BCUT2D eigenvalue weighted by atomic mass is 10.2. The molecule has 1 aromatic rings. The molecular formula is C10H15NO2. The number of aliphatic hydroxyl groups is 1. The lowest BCUT2D eigenvalue weighted by Crippen LogP contribution is -2.16. The van der Waals surface area contributed by atoms with Crippen LogP contribution < -0.4 is 5.32 Å². The van der Waals surface area contributed by atoms with E-state index >= 15 is 0 Å². The molecular weight excluding hydrogens is 166 g/mol. The molecule has 0 aromatic heterocycles. The maximum absolute atomic E-state index is 9.36. The molecule has 0 saturated heterocycles. The Morgan fingerprint density at radius 2 is 2.15 bits per heavy atom. The first kappa shape index (κ1) is 9.86. The fourth-order valence-corrected chi connectivity index (χ4v) is 0.994. The number of phenolic OH excluding ortho intramolecular Hbond substituents is 1. The van der Waals surface area contributed by atoms with Crippen molar-refractivity contribution in [1.82, 2.24) is 0 Å². The van der Waals surface area contributed by atoms with E-state index in [1.807, 2.05) is 19.9 Å². The molecule has 0 aliphatic heterocycles. The van der Waals surface area contributed by atoms with Crippen LogP contribution in [0.4, 0.5) is 5.69 Å². The molecule has 3 nitrogen and oxygen atoms in total. The first-order valence-electron chi connectivity index (χ1n) is 4.37. The third kappa shape index (κ3) is 2.63. The van der Waals surface area contributed by atoms with Gasteiger partial charge in [-0.05, 0) is 25.0 Å². The summed E-state index contributed by atoms with van der Waals surface area (Å²) in [4.78, 5) is 0. The summed E-state index contributed by atoms with van der Waals surface area (Å²) in [7, 11) is 0. The fraction of sp³-hybridized carbons (Fsp3) is 0.400. The number of nitrogens with one attached hydrogen (secondary N) is 1. The summed E-state index contributed by atoms with van der Waals surface area (Å²) in [5.74, 6) is 0.244. The predicted molar refractivity (Wildman–Crippen MR) is 52.8 cm³/mol. The number of benzene rings is 1. The van der Waals surface area contributed by atoms with Gasteiger partial charge in [-0.1, -0.05) is 13.0 Å². The molecule has 3 N–H and O–H groups in total. The highest BCUT2D eigenvalue weighted by molar-refractivity contribution is 5.51. The van der Waals surface area contributed by atoms with E-state index in [1.54, 1.807) is 12.1 Å². The molecule has 1 unspecified atom stereocenters. The van der Waals surface area contributed by atoms with Gasteiger partial charge in [0.15, 0.2) is 0 Å². The summed E-state index contributed by atoms with van der Waals surface area (Å²) in [6.07, 6.45) is 0.0800. The summed E-state index contributed by atoms with van der Waals surface area (Å²) in [6, 6.07) is 5.24. The normalized spacial score (nSPS) is 12.5. The predicted octanol–water partition coefficient (Wildman–Crippen LogP) is 1.84. The summed E-state index contributed by atoms with van der Waals surface area (Å²) in [5, 5.41) is 21.5. The second-order valence-corrected chi connectivity index (χ2v) is 3.07. The number of hydrogen-bond donors (Lipinski definition) is 3. The van der Waals surface area contributed by atoms with E-state index in [1.165, 1.54) is 0 Å². The maximum atomic E-state index is 9.36. The van der Waals surface area contributed by atoms with Crippen molar-refractivity contribution in [2.45, 2.75) is 26.5 Å². The molecule has 1 atom stereocenters. The highest BCUT2D eigenvalue weighted by Crippen LogP contribution is 2.21. The molecule has 0 spiro atoms. The van der Waals surface area contributed by atoms with Gasteiger partial charge in [0.25, 0.3) is 0 Å². The van der Waals surface area contributed by atoms with E-state index < -0.39 is 6.23 Å². The minimum atomic E-state index is -0.554. The van der Waals surface area contributed by atoms with Crippen LogP contribution in [0.5, 0.6) is 5.75 Å². The Kier molecular flexibility index (Phi) is 3.14. The minimum Gasteiger partial charge on any atom is -0.508 e. The first-order valence-corrected chi connectivity index (χ1v) is 4.37. The number of phenols is 1. The first-order chi connectivity index (χ1) is 6.13. The van der Waals surface area contributed by atoms with Crippen LogP contribution in [0.25, 0.3) is 0 Å². The zero-order chi connectivity index (χ0) is 9.84. The van der Waals surface area contributed by atoms with Crippen LogP contribution in [-0.2, 0) is 0 Å². The lowest BCUT2D eigenvalue weighted by molar-refractivity contribution is 0.199. The fourth-order valence-electron chi connectivity index (χ4n) is 0.994. The van der Waals surface area contributed by atoms with E-state index in [9.17, 15) is 10.2 Å². The Morgan fingerprint density at radius 3 is 2.69 bits per heavy atom. The van der Waals surface area contributed by atoms with Gasteiger partial charge in [0.05, 0.1) is 0 Å². The van der Waals surface area contributed by atoms with Gasteiger partial charge >= 0.3 is 0 Å². The quantitative estimate of drug-likeness (QED) is 0.624. The number of anilines is 1. The van der Waals surface area contributed by atoms with Crippen molar-refractivity contribution >= 4 is 5.69 Å². The largest absolute Gasteiger partial charge is 0.508 e. The zero-order valence-electron chi connectivity index (χ0n) is 7.91. The van der Waals surface area contributed by atoms with E-state index in [0.717, 1.165) is 11.3 Å². The van der Waals surface area contributed by atoms with Gasteiger partial charge in [-0.3, -0.25) is 0 Å². The number of aromatic hydroxyl groups is 1. The smallest absolute Gasteiger partial charge is 0.124 e. The van der Waals surface area contributed by atoms with Crippen molar-refractivity contribution in [2.24, 2.45) is 0 Å². The minimum absolute atomic E-state index is 0.244. The third-order valence-corrected chi connectivity index (χ3v) is 1.93. The second-order valence-electron chi connectivity index (χ2n) is 3.07. The Labute approximate surface area is 78.0 Å². The molecule has 0 bridgehead atoms. The highest BCUT2D eigenvalue weighted by Gasteiger charge is 2.01. The topological polar surface area (TPSA) is 52.5 Å². The van der Waals surface area contributed by atoms with Gasteiger partial charge in [0.2, 0.25) is 0 Å². The van der Waals surface area contributed by atoms with Crippen molar-refractivity contribution < 1.29 is 10.2 Å². The van der Waals surface area contributed by atoms with Crippen LogP contribution in [0.15, 0.2) is 18.2 Å². The molecule has 0 aliphatic carbocycles. The van der Waals surface area contributed by atoms with Crippen LogP contribution in [0.3, 0.4) is 0 Å². The van der Waals surface area contributed by atoms with Crippen LogP contribution in [-0.4, -0.2) is 16.4 Å². The van der Waals surface area contributed by atoms with Gasteiger partial charge in [-0.25, -0.2) is 0 Å². The number of hydrogen-bond acceptors (Lipinski definition) is 3. The van der Waals surface area contributed by atoms with Crippen LogP contribution >= 0.6 is 0 Å². The number of aliphatic hydroxyl groups excluding tert-OH is 1. The van der Waals surface area contributed by atoms with Gasteiger partial charge in [0.1, 0.15) is 12.0 Å². The molecule has 72 valence electrons. The van der Waals surface area contributed by atoms with Crippen molar-refractivity contribution in [3.05, 3.63) is 23.8 Å². The monoisotopic (exact) mass is 181 g/mol. The summed E-state index contributed by atoms with van der Waals surface area (Å²) in [6.45, 7) is 3.71. The molecule has 0 saturated carbocycles. The van der Waals surface area contributed by atoms with Gasteiger partial charge in [0, 0.05) is 11.8 Å².